The van der Waals surface area contributed by atoms with Crippen LogP contribution in [0.4, 0.5) is 0 Å². The van der Waals surface area contributed by atoms with Crippen LogP contribution in [-0.2, 0) is 4.79 Å². The summed E-state index contributed by atoms with van der Waals surface area (Å²) in [6.07, 6.45) is 10.2. The number of carbonyl (C=O) groups is 1. The Balaban J connectivity index is 1.54. The Morgan fingerprint density at radius 3 is 2.71 bits per heavy atom. The van der Waals surface area contributed by atoms with Crippen molar-refractivity contribution in [1.29, 1.82) is 5.26 Å². The van der Waals surface area contributed by atoms with Gasteiger partial charge in [-0.3, -0.25) is 4.79 Å². The lowest BCUT2D eigenvalue weighted by Gasteiger charge is -2.58. The Morgan fingerprint density at radius 1 is 1.18 bits per heavy atom. The van der Waals surface area contributed by atoms with Gasteiger partial charge in [-0.1, -0.05) is 31.6 Å². The van der Waals surface area contributed by atoms with E-state index >= 15 is 0 Å². The highest BCUT2D eigenvalue weighted by atomic mass is 16.3. The van der Waals surface area contributed by atoms with Crippen LogP contribution >= 0.6 is 0 Å². The Labute approximate surface area is 166 Å². The first-order chi connectivity index (χ1) is 13.2. The minimum atomic E-state index is -1.32. The van der Waals surface area contributed by atoms with Crippen molar-refractivity contribution in [3.8, 4) is 6.07 Å². The number of fused-ring (bicyclic) bond motifs is 7. The van der Waals surface area contributed by atoms with E-state index in [1.54, 1.807) is 6.08 Å². The SMILES string of the molecule is C[C@]12CC[C@H](O)CC1=CC[C@@H]1[C@@H]2CC[C@@]2(C)[C@H]1CC1=C[C@H](C#N)C(=O)N[C@@]12O. The fourth-order valence-corrected chi connectivity index (χ4v) is 7.58. The van der Waals surface area contributed by atoms with E-state index in [0.29, 0.717) is 17.8 Å². The van der Waals surface area contributed by atoms with Gasteiger partial charge in [0.15, 0.2) is 5.72 Å². The Morgan fingerprint density at radius 2 is 1.96 bits per heavy atom. The third-order valence-corrected chi connectivity index (χ3v) is 9.29. The highest BCUT2D eigenvalue weighted by Gasteiger charge is 2.67. The molecule has 5 heteroatoms. The van der Waals surface area contributed by atoms with Gasteiger partial charge in [0.05, 0.1) is 12.2 Å². The lowest BCUT2D eigenvalue weighted by atomic mass is 9.47. The summed E-state index contributed by atoms with van der Waals surface area (Å²) in [6.45, 7) is 4.52. The molecule has 1 heterocycles. The van der Waals surface area contributed by atoms with Crippen LogP contribution in [0, 0.1) is 45.8 Å². The topological polar surface area (TPSA) is 93.3 Å². The highest BCUT2D eigenvalue weighted by molar-refractivity contribution is 5.86. The first-order valence-electron chi connectivity index (χ1n) is 10.8. The molecule has 28 heavy (non-hydrogen) atoms. The second-order valence-corrected chi connectivity index (χ2v) is 10.3. The van der Waals surface area contributed by atoms with Gasteiger partial charge in [-0.05, 0) is 73.7 Å². The number of rotatable bonds is 0. The highest BCUT2D eigenvalue weighted by Crippen LogP contribution is 2.68. The molecule has 4 aliphatic carbocycles. The molecule has 1 amide bonds. The number of hydrogen-bond acceptors (Lipinski definition) is 4. The molecular formula is C23H30N2O3. The zero-order valence-electron chi connectivity index (χ0n) is 16.7. The number of amides is 1. The molecule has 0 aromatic carbocycles. The molecular weight excluding hydrogens is 352 g/mol. The lowest BCUT2D eigenvalue weighted by molar-refractivity contribution is -0.151. The number of carbonyl (C=O) groups excluding carboxylic acids is 1. The monoisotopic (exact) mass is 382 g/mol. The minimum Gasteiger partial charge on any atom is -0.393 e. The van der Waals surface area contributed by atoms with Crippen molar-refractivity contribution < 1.29 is 15.0 Å². The summed E-state index contributed by atoms with van der Waals surface area (Å²) < 4.78 is 0. The van der Waals surface area contributed by atoms with E-state index in [0.717, 1.165) is 50.5 Å². The van der Waals surface area contributed by atoms with Gasteiger partial charge in [0.2, 0.25) is 5.91 Å². The Hall–Kier alpha value is -1.64. The van der Waals surface area contributed by atoms with Crippen molar-refractivity contribution >= 4 is 5.91 Å². The fraction of sp³-hybridized carbons (Fsp3) is 0.739. The van der Waals surface area contributed by atoms with Gasteiger partial charge in [-0.25, -0.2) is 0 Å². The number of hydrogen-bond donors (Lipinski definition) is 3. The smallest absolute Gasteiger partial charge is 0.243 e. The van der Waals surface area contributed by atoms with Crippen molar-refractivity contribution in [2.45, 2.75) is 70.6 Å². The second kappa shape index (κ2) is 5.70. The number of nitrogens with one attached hydrogen (secondary N) is 1. The van der Waals surface area contributed by atoms with E-state index < -0.39 is 17.1 Å². The predicted molar refractivity (Wildman–Crippen MR) is 103 cm³/mol. The number of nitrogens with zero attached hydrogens (tertiary/aromatic N) is 1. The predicted octanol–water partition coefficient (Wildman–Crippen LogP) is 2.80. The largest absolute Gasteiger partial charge is 0.393 e. The van der Waals surface area contributed by atoms with Crippen LogP contribution in [0.25, 0.3) is 0 Å². The average molecular weight is 383 g/mol. The van der Waals surface area contributed by atoms with Crippen molar-refractivity contribution in [1.82, 2.24) is 5.32 Å². The molecule has 0 unspecified atom stereocenters. The molecule has 5 nitrogen and oxygen atoms in total. The zero-order valence-corrected chi connectivity index (χ0v) is 16.7. The third kappa shape index (κ3) is 2.11. The summed E-state index contributed by atoms with van der Waals surface area (Å²) in [5.41, 5.74) is 0.701. The van der Waals surface area contributed by atoms with Gasteiger partial charge in [-0.15, -0.1) is 0 Å². The molecule has 3 fully saturated rings. The van der Waals surface area contributed by atoms with Gasteiger partial charge in [0, 0.05) is 5.41 Å². The summed E-state index contributed by atoms with van der Waals surface area (Å²) in [4.78, 5) is 12.4. The van der Waals surface area contributed by atoms with Crippen LogP contribution in [0.5, 0.6) is 0 Å². The van der Waals surface area contributed by atoms with Gasteiger partial charge < -0.3 is 15.5 Å². The third-order valence-electron chi connectivity index (χ3n) is 9.29. The summed E-state index contributed by atoms with van der Waals surface area (Å²) in [5, 5.41) is 33.9. The zero-order chi connectivity index (χ0) is 19.9. The van der Waals surface area contributed by atoms with Gasteiger partial charge >= 0.3 is 0 Å². The summed E-state index contributed by atoms with van der Waals surface area (Å²) in [6, 6.07) is 2.05. The van der Waals surface area contributed by atoms with Gasteiger partial charge in [0.1, 0.15) is 5.92 Å². The molecule has 0 spiro atoms. The van der Waals surface area contributed by atoms with Crippen molar-refractivity contribution in [3.63, 3.8) is 0 Å². The molecule has 8 atom stereocenters. The Kier molecular flexibility index (Phi) is 3.75. The molecule has 150 valence electrons. The van der Waals surface area contributed by atoms with Crippen LogP contribution in [0.15, 0.2) is 23.3 Å². The first kappa shape index (κ1) is 18.4. The summed E-state index contributed by atoms with van der Waals surface area (Å²) >= 11 is 0. The summed E-state index contributed by atoms with van der Waals surface area (Å²) in [5.74, 6) is 0.143. The van der Waals surface area contributed by atoms with E-state index in [2.05, 4.69) is 25.2 Å². The van der Waals surface area contributed by atoms with E-state index in [1.165, 1.54) is 5.57 Å². The van der Waals surface area contributed by atoms with E-state index in [4.69, 9.17) is 0 Å². The average Bonchev–Trinajstić information content (AvgIpc) is 2.88. The molecule has 0 aromatic rings. The minimum absolute atomic E-state index is 0.146. The van der Waals surface area contributed by atoms with Gasteiger partial charge in [0.25, 0.3) is 0 Å². The fourth-order valence-electron chi connectivity index (χ4n) is 7.58. The molecule has 3 saturated carbocycles. The van der Waals surface area contributed by atoms with E-state index in [-0.39, 0.29) is 17.4 Å². The number of aliphatic hydroxyl groups excluding tert-OH is 1. The molecule has 5 rings (SSSR count). The standard InChI is InChI=1S/C23H30N2O3/c1-21-7-5-16(26)10-14(21)3-4-17-18(21)6-8-22(2)19(17)11-15-9-13(12-24)20(27)25-23(15,22)28/h3,9,13,16-19,26,28H,4-8,10-11H2,1-2H3,(H,25,27)/t13-,16+,17-,18+,19+,21+,22+,23-/m1/s1. The van der Waals surface area contributed by atoms with Crippen molar-refractivity contribution in [2.75, 3.05) is 0 Å². The van der Waals surface area contributed by atoms with E-state index in [9.17, 15) is 20.3 Å². The quantitative estimate of drug-likeness (QED) is 0.562. The molecule has 0 saturated heterocycles. The normalized spacial score (nSPS) is 52.1. The van der Waals surface area contributed by atoms with Crippen molar-refractivity contribution in [3.05, 3.63) is 23.3 Å². The molecule has 5 aliphatic rings. The maximum atomic E-state index is 12.4. The lowest BCUT2D eigenvalue weighted by Crippen LogP contribution is -2.63. The molecule has 0 aromatic heterocycles. The van der Waals surface area contributed by atoms with Gasteiger partial charge in [-0.2, -0.15) is 5.26 Å². The molecule has 0 radical (unpaired) electrons. The molecule has 1 aliphatic heterocycles. The van der Waals surface area contributed by atoms with Crippen LogP contribution < -0.4 is 5.32 Å². The van der Waals surface area contributed by atoms with Crippen LogP contribution in [0.1, 0.15) is 58.8 Å². The Bertz CT molecular complexity index is 841. The first-order valence-corrected chi connectivity index (χ1v) is 10.8. The maximum Gasteiger partial charge on any atom is 0.243 e. The van der Waals surface area contributed by atoms with Crippen LogP contribution in [0.3, 0.4) is 0 Å². The van der Waals surface area contributed by atoms with Crippen LogP contribution in [0.2, 0.25) is 0 Å². The van der Waals surface area contributed by atoms with Crippen molar-refractivity contribution in [2.24, 2.45) is 34.5 Å². The second-order valence-electron chi connectivity index (χ2n) is 10.3. The number of aliphatic hydroxyl groups is 2. The number of nitriles is 1. The maximum absolute atomic E-state index is 12.4. The number of allylic oxidation sites excluding steroid dienone is 1. The molecule has 0 bridgehead atoms. The van der Waals surface area contributed by atoms with Crippen LogP contribution in [-0.4, -0.2) is 27.9 Å². The molecule has 3 N–H and O–H groups in total. The van der Waals surface area contributed by atoms with E-state index in [1.807, 2.05) is 6.07 Å². The summed E-state index contributed by atoms with van der Waals surface area (Å²) in [7, 11) is 0.